The van der Waals surface area contributed by atoms with Crippen molar-refractivity contribution >= 4 is 49.6 Å². The Labute approximate surface area is 237 Å². The first kappa shape index (κ1) is 24.6. The second-order valence-corrected chi connectivity index (χ2v) is 12.9. The van der Waals surface area contributed by atoms with Gasteiger partial charge in [0.25, 0.3) is 0 Å². The van der Waals surface area contributed by atoms with E-state index in [9.17, 15) is 8.42 Å². The van der Waals surface area contributed by atoms with Crippen molar-refractivity contribution in [3.8, 4) is 22.4 Å². The molecule has 0 spiro atoms. The van der Waals surface area contributed by atoms with Gasteiger partial charge in [0.2, 0.25) is 0 Å². The molecule has 6 heteroatoms. The highest BCUT2D eigenvalue weighted by atomic mass is 32.2. The van der Waals surface area contributed by atoms with Gasteiger partial charge in [-0.15, -0.1) is 0 Å². The van der Waals surface area contributed by atoms with Crippen molar-refractivity contribution in [3.63, 3.8) is 0 Å². The molecule has 0 amide bonds. The van der Waals surface area contributed by atoms with Gasteiger partial charge < -0.3 is 4.90 Å². The summed E-state index contributed by atoms with van der Waals surface area (Å²) < 4.78 is 24.2. The van der Waals surface area contributed by atoms with Crippen molar-refractivity contribution in [1.29, 1.82) is 0 Å². The number of sulfone groups is 1. The van der Waals surface area contributed by atoms with Crippen molar-refractivity contribution in [2.75, 3.05) is 11.2 Å². The number of para-hydroxylation sites is 3. The maximum Gasteiger partial charge on any atom is 0.175 e. The first-order chi connectivity index (χ1) is 19.5. The molecule has 0 saturated carbocycles. The number of pyridine rings is 1. The predicted octanol–water partition coefficient (Wildman–Crippen LogP) is 8.91. The smallest absolute Gasteiger partial charge is 0.175 e. The fourth-order valence-corrected chi connectivity index (χ4v) is 6.94. The van der Waals surface area contributed by atoms with Crippen LogP contribution in [0.5, 0.6) is 0 Å². The third kappa shape index (κ3) is 4.26. The van der Waals surface area contributed by atoms with Gasteiger partial charge in [0.1, 0.15) is 0 Å². The second-order valence-electron chi connectivity index (χ2n) is 9.76. The summed E-state index contributed by atoms with van der Waals surface area (Å²) in [6, 6.07) is 42.7. The number of rotatable bonds is 4. The van der Waals surface area contributed by atoms with Crippen molar-refractivity contribution in [2.24, 2.45) is 0 Å². The van der Waals surface area contributed by atoms with Crippen LogP contribution >= 0.6 is 11.8 Å². The zero-order chi connectivity index (χ0) is 27.3. The van der Waals surface area contributed by atoms with Gasteiger partial charge in [-0.25, -0.2) is 13.4 Å². The van der Waals surface area contributed by atoms with Gasteiger partial charge in [0.05, 0.1) is 33.2 Å². The minimum absolute atomic E-state index is 0.292. The van der Waals surface area contributed by atoms with Gasteiger partial charge in [0, 0.05) is 27.0 Å². The van der Waals surface area contributed by atoms with Crippen LogP contribution in [0.3, 0.4) is 0 Å². The molecule has 0 aliphatic carbocycles. The SMILES string of the molecule is CS(=O)(=O)c1ccc(-c2cc(-c3ccccc3)c3cccc(N4c5ccccc5Sc5ccccc54)c3n2)cc1. The highest BCUT2D eigenvalue weighted by Gasteiger charge is 2.26. The van der Waals surface area contributed by atoms with Crippen molar-refractivity contribution < 1.29 is 8.42 Å². The number of nitrogens with zero attached hydrogens (tertiary/aromatic N) is 2. The summed E-state index contributed by atoms with van der Waals surface area (Å²) in [4.78, 5) is 10.2. The molecular formula is C34H24N2O2S2. The number of aromatic nitrogens is 1. The van der Waals surface area contributed by atoms with Crippen LogP contribution < -0.4 is 4.90 Å². The molecule has 5 aromatic carbocycles. The van der Waals surface area contributed by atoms with E-state index in [1.165, 1.54) is 16.0 Å². The van der Waals surface area contributed by atoms with Gasteiger partial charge in [0.15, 0.2) is 9.84 Å². The first-order valence-corrected chi connectivity index (χ1v) is 15.6. The number of benzene rings is 5. The Morgan fingerprint density at radius 1 is 0.625 bits per heavy atom. The van der Waals surface area contributed by atoms with E-state index < -0.39 is 9.84 Å². The minimum atomic E-state index is -3.29. The van der Waals surface area contributed by atoms with Crippen LogP contribution in [-0.2, 0) is 9.84 Å². The van der Waals surface area contributed by atoms with E-state index >= 15 is 0 Å². The molecular weight excluding hydrogens is 533 g/mol. The van der Waals surface area contributed by atoms with Crippen LogP contribution in [0.4, 0.5) is 17.1 Å². The van der Waals surface area contributed by atoms with Crippen LogP contribution in [0.15, 0.2) is 142 Å². The highest BCUT2D eigenvalue weighted by Crippen LogP contribution is 2.52. The zero-order valence-electron chi connectivity index (χ0n) is 21.7. The summed E-state index contributed by atoms with van der Waals surface area (Å²) in [7, 11) is -3.29. The molecule has 0 atom stereocenters. The molecule has 2 heterocycles. The molecule has 1 aliphatic heterocycles. The van der Waals surface area contributed by atoms with Crippen LogP contribution in [0.2, 0.25) is 0 Å². The average molecular weight is 557 g/mol. The molecule has 0 N–H and O–H groups in total. The Balaban J connectivity index is 1.52. The highest BCUT2D eigenvalue weighted by molar-refractivity contribution is 7.99. The molecule has 6 aromatic rings. The van der Waals surface area contributed by atoms with E-state index in [-0.39, 0.29) is 0 Å². The lowest BCUT2D eigenvalue weighted by Crippen LogP contribution is -2.15. The lowest BCUT2D eigenvalue weighted by atomic mass is 9.97. The molecule has 1 aromatic heterocycles. The van der Waals surface area contributed by atoms with E-state index in [4.69, 9.17) is 4.98 Å². The van der Waals surface area contributed by atoms with Gasteiger partial charge in [-0.1, -0.05) is 90.6 Å². The van der Waals surface area contributed by atoms with Crippen LogP contribution in [0.1, 0.15) is 0 Å². The number of fused-ring (bicyclic) bond motifs is 3. The molecule has 7 rings (SSSR count). The average Bonchev–Trinajstić information content (AvgIpc) is 2.99. The van der Waals surface area contributed by atoms with Crippen LogP contribution in [0.25, 0.3) is 33.3 Å². The monoisotopic (exact) mass is 556 g/mol. The normalized spacial score (nSPS) is 12.7. The molecule has 0 radical (unpaired) electrons. The Bertz CT molecular complexity index is 1960. The fourth-order valence-electron chi connectivity index (χ4n) is 5.26. The lowest BCUT2D eigenvalue weighted by Gasteiger charge is -2.33. The largest absolute Gasteiger partial charge is 0.306 e. The summed E-state index contributed by atoms with van der Waals surface area (Å²) in [6.07, 6.45) is 1.22. The standard InChI is InChI=1S/C34H24N2O2S2/c1-40(37,38)25-20-18-24(19-21-25)28-22-27(23-10-3-2-4-11-23)26-12-9-15-31(34(26)35-28)36-29-13-5-7-16-32(29)39-33-17-8-6-14-30(33)36/h2-22H,1H3. The molecule has 1 aliphatic rings. The Morgan fingerprint density at radius 2 is 1.23 bits per heavy atom. The summed E-state index contributed by atoms with van der Waals surface area (Å²) in [6.45, 7) is 0. The molecule has 0 bridgehead atoms. The Morgan fingerprint density at radius 3 is 1.88 bits per heavy atom. The second kappa shape index (κ2) is 9.66. The third-order valence-corrected chi connectivity index (χ3v) is 9.41. The number of anilines is 3. The van der Waals surface area contributed by atoms with Crippen molar-refractivity contribution in [1.82, 2.24) is 4.98 Å². The predicted molar refractivity (Wildman–Crippen MR) is 165 cm³/mol. The molecule has 4 nitrogen and oxygen atoms in total. The van der Waals surface area contributed by atoms with E-state index in [1.54, 1.807) is 23.9 Å². The summed E-state index contributed by atoms with van der Waals surface area (Å²) in [5.74, 6) is 0. The van der Waals surface area contributed by atoms with E-state index in [0.29, 0.717) is 4.90 Å². The topological polar surface area (TPSA) is 50.3 Å². The van der Waals surface area contributed by atoms with Gasteiger partial charge in [-0.05, 0) is 59.7 Å². The first-order valence-electron chi connectivity index (χ1n) is 12.9. The lowest BCUT2D eigenvalue weighted by molar-refractivity contribution is 0.602. The van der Waals surface area contributed by atoms with E-state index in [0.717, 1.165) is 50.3 Å². The van der Waals surface area contributed by atoms with Crippen LogP contribution in [-0.4, -0.2) is 19.7 Å². The van der Waals surface area contributed by atoms with Gasteiger partial charge >= 0.3 is 0 Å². The zero-order valence-corrected chi connectivity index (χ0v) is 23.3. The third-order valence-electron chi connectivity index (χ3n) is 7.15. The molecule has 0 saturated heterocycles. The Hall–Kier alpha value is -4.39. The summed E-state index contributed by atoms with van der Waals surface area (Å²) in [5.41, 5.74) is 7.91. The van der Waals surface area contributed by atoms with Crippen molar-refractivity contribution in [3.05, 3.63) is 127 Å². The van der Waals surface area contributed by atoms with Gasteiger partial charge in [-0.2, -0.15) is 0 Å². The van der Waals surface area contributed by atoms with Crippen molar-refractivity contribution in [2.45, 2.75) is 14.7 Å². The molecule has 40 heavy (non-hydrogen) atoms. The van der Waals surface area contributed by atoms with Gasteiger partial charge in [-0.3, -0.25) is 0 Å². The maximum atomic E-state index is 12.1. The maximum absolute atomic E-state index is 12.1. The molecule has 194 valence electrons. The Kier molecular flexibility index (Phi) is 5.95. The van der Waals surface area contributed by atoms with Crippen LogP contribution in [0, 0.1) is 0 Å². The van der Waals surface area contributed by atoms with E-state index in [2.05, 4.69) is 89.8 Å². The summed E-state index contributed by atoms with van der Waals surface area (Å²) >= 11 is 1.78. The number of hydrogen-bond donors (Lipinski definition) is 0. The molecule has 0 unspecified atom stereocenters. The quantitative estimate of drug-likeness (QED) is 0.217. The molecule has 0 fully saturated rings. The van der Waals surface area contributed by atoms with E-state index in [1.807, 2.05) is 30.3 Å². The fraction of sp³-hybridized carbons (Fsp3) is 0.0294. The summed E-state index contributed by atoms with van der Waals surface area (Å²) in [5, 5.41) is 1.05. The number of hydrogen-bond acceptors (Lipinski definition) is 5. The minimum Gasteiger partial charge on any atom is -0.306 e.